The fourth-order valence-electron chi connectivity index (χ4n) is 5.47. The molecule has 0 aliphatic heterocycles. The van der Waals surface area contributed by atoms with E-state index in [9.17, 15) is 10.0 Å². The maximum Gasteiger partial charge on any atom is 0.346 e. The highest BCUT2D eigenvalue weighted by molar-refractivity contribution is 7.16. The van der Waals surface area contributed by atoms with Crippen LogP contribution in [-0.4, -0.2) is 29.5 Å². The molecule has 3 N–H and O–H groups in total. The lowest BCUT2D eigenvalue weighted by atomic mass is 9.78. The van der Waals surface area contributed by atoms with Crippen LogP contribution in [0, 0.1) is 0 Å². The number of benzene rings is 3. The molecule has 0 unspecified atom stereocenters. The number of carbonyl (C=O) groups is 1. The number of aryl methyl sites for hydroxylation is 1. The van der Waals surface area contributed by atoms with E-state index in [2.05, 4.69) is 59.9 Å². The molecular weight excluding hydrogens is 480 g/mol. The maximum absolute atomic E-state index is 12.1. The summed E-state index contributed by atoms with van der Waals surface area (Å²) in [4.78, 5) is 14.4. The van der Waals surface area contributed by atoms with Gasteiger partial charge in [0, 0.05) is 16.3 Å². The average Bonchev–Trinajstić information content (AvgIpc) is 3.45. The molecule has 0 saturated carbocycles. The number of aliphatic hydroxyl groups excluding tert-OH is 1. The summed E-state index contributed by atoms with van der Waals surface area (Å²) >= 11 is 1.73. The monoisotopic (exact) mass is 508 g/mol. The van der Waals surface area contributed by atoms with E-state index in [1.807, 2.05) is 12.1 Å². The minimum atomic E-state index is -0.672. The fraction of sp³-hybridized carbons (Fsp3) is 0.194. The molecule has 4 aromatic rings. The third-order valence-corrected chi connectivity index (χ3v) is 8.48. The van der Waals surface area contributed by atoms with Gasteiger partial charge in [-0.1, -0.05) is 54.6 Å². The smallest absolute Gasteiger partial charge is 0.346 e. The lowest BCUT2D eigenvalue weighted by molar-refractivity contribution is 0.201. The van der Waals surface area contributed by atoms with Crippen molar-refractivity contribution in [3.8, 4) is 21.6 Å². The van der Waals surface area contributed by atoms with Crippen molar-refractivity contribution in [1.82, 2.24) is 5.32 Å². The topological polar surface area (TPSA) is 72.8 Å². The number of hydroxylamine groups is 1. The summed E-state index contributed by atoms with van der Waals surface area (Å²) in [6, 6.07) is 24.2. The Hall–Kier alpha value is -3.71. The minimum absolute atomic E-state index is 0.0816. The third kappa shape index (κ3) is 4.48. The molecule has 0 saturated heterocycles. The average molecular weight is 509 g/mol. The van der Waals surface area contributed by atoms with E-state index in [4.69, 9.17) is 5.11 Å². The van der Waals surface area contributed by atoms with Crippen LogP contribution in [0.15, 0.2) is 72.8 Å². The molecule has 3 aromatic carbocycles. The van der Waals surface area contributed by atoms with E-state index in [-0.39, 0.29) is 13.2 Å². The molecule has 6 heteroatoms. The summed E-state index contributed by atoms with van der Waals surface area (Å²) in [5.74, 6) is 0. The lowest BCUT2D eigenvalue weighted by Crippen LogP contribution is -2.39. The van der Waals surface area contributed by atoms with Crippen LogP contribution in [0.3, 0.4) is 0 Å². The van der Waals surface area contributed by atoms with Gasteiger partial charge < -0.3 is 10.4 Å². The molecule has 37 heavy (non-hydrogen) atoms. The van der Waals surface area contributed by atoms with E-state index in [0.717, 1.165) is 36.1 Å². The summed E-state index contributed by atoms with van der Waals surface area (Å²) in [5.41, 5.74) is 11.3. The summed E-state index contributed by atoms with van der Waals surface area (Å²) in [7, 11) is 0. The Morgan fingerprint density at radius 1 is 0.865 bits per heavy atom. The van der Waals surface area contributed by atoms with Crippen LogP contribution in [0.1, 0.15) is 33.6 Å². The number of carbonyl (C=O) groups excluding carboxylic acids is 1. The number of hydrogen-bond acceptors (Lipinski definition) is 4. The summed E-state index contributed by atoms with van der Waals surface area (Å²) < 4.78 is 0. The lowest BCUT2D eigenvalue weighted by Gasteiger charge is -2.26. The van der Waals surface area contributed by atoms with E-state index < -0.39 is 6.03 Å². The normalized spacial score (nSPS) is 13.7. The maximum atomic E-state index is 12.1. The summed E-state index contributed by atoms with van der Waals surface area (Å²) in [6.07, 6.45) is 6.64. The number of nitrogens with zero attached hydrogens (tertiary/aromatic N) is 1. The molecule has 0 atom stereocenters. The molecule has 0 spiro atoms. The van der Waals surface area contributed by atoms with Gasteiger partial charge >= 0.3 is 6.03 Å². The second-order valence-corrected chi connectivity index (χ2v) is 10.6. The van der Waals surface area contributed by atoms with Crippen molar-refractivity contribution >= 4 is 34.7 Å². The van der Waals surface area contributed by atoms with Crippen molar-refractivity contribution < 1.29 is 15.1 Å². The van der Waals surface area contributed by atoms with Gasteiger partial charge in [0.05, 0.1) is 12.3 Å². The first-order valence-corrected chi connectivity index (χ1v) is 13.5. The standard InChI is InChI=1S/C31H28N2O3S/c34-17-16-32-31(35)33(36)24-6-3-5-22(19-24)29-14-15-30(37-29)23-10-11-26-21(18-23)9-13-27-25-7-2-1-4-20(25)8-12-28(26)27/h1-7,9,13-15,18-19,34,36H,8,10-12,16-17H2,(H,32,35). The molecule has 5 nitrogen and oxygen atoms in total. The fourth-order valence-corrected chi connectivity index (χ4v) is 6.51. The van der Waals surface area contributed by atoms with Gasteiger partial charge in [-0.15, -0.1) is 11.3 Å². The van der Waals surface area contributed by atoms with Gasteiger partial charge in [0.15, 0.2) is 0 Å². The first kappa shape index (κ1) is 23.7. The van der Waals surface area contributed by atoms with Crippen LogP contribution < -0.4 is 10.4 Å². The Morgan fingerprint density at radius 3 is 2.59 bits per heavy atom. The SMILES string of the molecule is O=C(NCCO)N(O)c1cccc(-c2ccc(C3=Cc4ccc5c(c4CC3)CCc3ccccc3-5)s2)c1. The molecule has 0 fully saturated rings. The van der Waals surface area contributed by atoms with Crippen LogP contribution in [0.25, 0.3) is 33.2 Å². The predicted molar refractivity (Wildman–Crippen MR) is 150 cm³/mol. The van der Waals surface area contributed by atoms with Crippen molar-refractivity contribution in [2.75, 3.05) is 18.2 Å². The summed E-state index contributed by atoms with van der Waals surface area (Å²) in [6.45, 7) is -0.105. The quantitative estimate of drug-likeness (QED) is 0.211. The number of aliphatic hydroxyl groups is 1. The number of rotatable bonds is 5. The second-order valence-electron chi connectivity index (χ2n) is 9.47. The van der Waals surface area contributed by atoms with Gasteiger partial charge in [-0.3, -0.25) is 5.21 Å². The Bertz CT molecular complexity index is 1520. The highest BCUT2D eigenvalue weighted by Gasteiger charge is 2.23. The van der Waals surface area contributed by atoms with Gasteiger partial charge in [-0.25, -0.2) is 4.79 Å². The van der Waals surface area contributed by atoms with E-state index in [1.165, 1.54) is 43.8 Å². The van der Waals surface area contributed by atoms with Crippen LogP contribution >= 0.6 is 11.3 Å². The van der Waals surface area contributed by atoms with Gasteiger partial charge in [0.25, 0.3) is 0 Å². The number of allylic oxidation sites excluding steroid dienone is 1. The second kappa shape index (κ2) is 9.98. The number of amides is 2. The zero-order valence-electron chi connectivity index (χ0n) is 20.4. The number of nitrogens with one attached hydrogen (secondary N) is 1. The third-order valence-electron chi connectivity index (χ3n) is 7.27. The summed E-state index contributed by atoms with van der Waals surface area (Å²) in [5, 5.41) is 22.2. The molecule has 2 amide bonds. The Balaban J connectivity index is 1.26. The van der Waals surface area contributed by atoms with Crippen molar-refractivity contribution in [2.45, 2.75) is 25.7 Å². The molecule has 2 aliphatic carbocycles. The van der Waals surface area contributed by atoms with Gasteiger partial charge in [-0.05, 0) is 94.5 Å². The van der Waals surface area contributed by atoms with E-state index in [0.29, 0.717) is 10.8 Å². The number of hydrogen-bond donors (Lipinski definition) is 3. The van der Waals surface area contributed by atoms with E-state index >= 15 is 0 Å². The Morgan fingerprint density at radius 2 is 1.70 bits per heavy atom. The molecule has 6 rings (SSSR count). The van der Waals surface area contributed by atoms with Crippen LogP contribution in [0.2, 0.25) is 0 Å². The van der Waals surface area contributed by atoms with E-state index in [1.54, 1.807) is 23.5 Å². The van der Waals surface area contributed by atoms with Crippen LogP contribution in [0.5, 0.6) is 0 Å². The van der Waals surface area contributed by atoms with Crippen molar-refractivity contribution in [2.24, 2.45) is 0 Å². The number of thiophene rings is 1. The zero-order chi connectivity index (χ0) is 25.4. The first-order chi connectivity index (χ1) is 18.1. The Labute approximate surface area is 220 Å². The first-order valence-electron chi connectivity index (χ1n) is 12.6. The number of fused-ring (bicyclic) bond motifs is 5. The molecule has 1 aromatic heterocycles. The van der Waals surface area contributed by atoms with Gasteiger partial charge in [-0.2, -0.15) is 5.06 Å². The molecule has 0 radical (unpaired) electrons. The molecule has 2 aliphatic rings. The Kier molecular flexibility index (Phi) is 6.38. The highest BCUT2D eigenvalue weighted by atomic mass is 32.1. The van der Waals surface area contributed by atoms with Crippen LogP contribution in [-0.2, 0) is 19.3 Å². The highest BCUT2D eigenvalue weighted by Crippen LogP contribution is 2.42. The molecule has 1 heterocycles. The molecule has 186 valence electrons. The van der Waals surface area contributed by atoms with Gasteiger partial charge in [0.2, 0.25) is 0 Å². The number of urea groups is 1. The molecule has 0 bridgehead atoms. The number of anilines is 1. The van der Waals surface area contributed by atoms with Gasteiger partial charge in [0.1, 0.15) is 0 Å². The largest absolute Gasteiger partial charge is 0.395 e. The van der Waals surface area contributed by atoms with Crippen molar-refractivity contribution in [1.29, 1.82) is 0 Å². The molecular formula is C31H28N2O3S. The van der Waals surface area contributed by atoms with Crippen LogP contribution in [0.4, 0.5) is 10.5 Å². The zero-order valence-corrected chi connectivity index (χ0v) is 21.2. The minimum Gasteiger partial charge on any atom is -0.395 e. The van der Waals surface area contributed by atoms with Crippen molar-refractivity contribution in [3.05, 3.63) is 99.9 Å². The predicted octanol–water partition coefficient (Wildman–Crippen LogP) is 6.57. The van der Waals surface area contributed by atoms with Crippen molar-refractivity contribution in [3.63, 3.8) is 0 Å².